The molecule has 0 unspecified atom stereocenters. The van der Waals surface area contributed by atoms with E-state index in [4.69, 9.17) is 0 Å². The molecule has 0 saturated heterocycles. The summed E-state index contributed by atoms with van der Waals surface area (Å²) in [6.07, 6.45) is 4.55. The molecule has 132 valence electrons. The summed E-state index contributed by atoms with van der Waals surface area (Å²) in [5.74, 6) is -0.287. The Morgan fingerprint density at radius 3 is 2.54 bits per heavy atom. The van der Waals surface area contributed by atoms with E-state index in [0.717, 1.165) is 5.56 Å². The lowest BCUT2D eigenvalue weighted by Crippen LogP contribution is -2.23. The fourth-order valence-electron chi connectivity index (χ4n) is 2.26. The number of benzene rings is 1. The lowest BCUT2D eigenvalue weighted by molar-refractivity contribution is -0.114. The summed E-state index contributed by atoms with van der Waals surface area (Å²) in [7, 11) is 0. The zero-order chi connectivity index (χ0) is 18.5. The fraction of sp³-hybridized carbons (Fsp3) is 0.111. The van der Waals surface area contributed by atoms with Gasteiger partial charge in [-0.25, -0.2) is 14.4 Å². The summed E-state index contributed by atoms with van der Waals surface area (Å²) >= 11 is 0. The van der Waals surface area contributed by atoms with Crippen molar-refractivity contribution in [3.8, 4) is 5.82 Å². The van der Waals surface area contributed by atoms with Crippen LogP contribution < -0.4 is 10.6 Å². The minimum absolute atomic E-state index is 0.178. The molecule has 2 N–H and O–H groups in total. The van der Waals surface area contributed by atoms with Crippen LogP contribution in [-0.4, -0.2) is 26.3 Å². The van der Waals surface area contributed by atoms with Crippen molar-refractivity contribution in [1.29, 1.82) is 0 Å². The first-order valence-electron chi connectivity index (χ1n) is 7.82. The Morgan fingerprint density at radius 1 is 1.12 bits per heavy atom. The van der Waals surface area contributed by atoms with Crippen molar-refractivity contribution in [2.45, 2.75) is 13.5 Å². The van der Waals surface area contributed by atoms with E-state index < -0.39 is 0 Å². The van der Waals surface area contributed by atoms with Crippen LogP contribution in [0, 0.1) is 5.82 Å². The third kappa shape index (κ3) is 4.29. The summed E-state index contributed by atoms with van der Waals surface area (Å²) < 4.78 is 14.5. The Bertz CT molecular complexity index is 920. The van der Waals surface area contributed by atoms with Crippen LogP contribution >= 0.6 is 0 Å². The van der Waals surface area contributed by atoms with Crippen molar-refractivity contribution >= 4 is 17.5 Å². The molecule has 0 fully saturated rings. The highest BCUT2D eigenvalue weighted by atomic mass is 19.1. The predicted octanol–water partition coefficient (Wildman–Crippen LogP) is 2.29. The molecule has 3 rings (SSSR count). The fourth-order valence-corrected chi connectivity index (χ4v) is 2.26. The molecule has 0 bridgehead atoms. The summed E-state index contributed by atoms with van der Waals surface area (Å²) in [6, 6.07) is 9.30. The molecule has 0 spiro atoms. The van der Waals surface area contributed by atoms with Crippen molar-refractivity contribution < 1.29 is 14.0 Å². The normalized spacial score (nSPS) is 10.4. The molecule has 0 atom stereocenters. The van der Waals surface area contributed by atoms with Gasteiger partial charge in [0.15, 0.2) is 0 Å². The van der Waals surface area contributed by atoms with E-state index >= 15 is 0 Å². The van der Waals surface area contributed by atoms with Crippen LogP contribution in [0.2, 0.25) is 0 Å². The number of rotatable bonds is 5. The summed E-state index contributed by atoms with van der Waals surface area (Å²) in [5, 5.41) is 5.35. The van der Waals surface area contributed by atoms with Gasteiger partial charge in [-0.1, -0.05) is 12.1 Å². The second kappa shape index (κ2) is 7.56. The van der Waals surface area contributed by atoms with Crippen molar-refractivity contribution in [1.82, 2.24) is 19.9 Å². The molecule has 1 aromatic carbocycles. The van der Waals surface area contributed by atoms with Crippen molar-refractivity contribution in [3.05, 3.63) is 72.2 Å². The van der Waals surface area contributed by atoms with Crippen molar-refractivity contribution in [3.63, 3.8) is 0 Å². The SMILES string of the molecule is CC(=O)Nc1ccc(-n2cnc(C(=O)NCc3ccc(F)cc3)c2)nc1. The average molecular weight is 353 g/mol. The molecule has 7 nitrogen and oxygen atoms in total. The number of amides is 2. The number of nitrogens with one attached hydrogen (secondary N) is 2. The van der Waals surface area contributed by atoms with Crippen LogP contribution in [0.3, 0.4) is 0 Å². The van der Waals surface area contributed by atoms with Crippen molar-refractivity contribution in [2.24, 2.45) is 0 Å². The number of aromatic nitrogens is 3. The maximum absolute atomic E-state index is 12.9. The molecule has 2 amide bonds. The van der Waals surface area contributed by atoms with Crippen LogP contribution in [0.25, 0.3) is 5.82 Å². The lowest BCUT2D eigenvalue weighted by Gasteiger charge is -2.04. The smallest absolute Gasteiger partial charge is 0.271 e. The van der Waals surface area contributed by atoms with Gasteiger partial charge in [0, 0.05) is 19.7 Å². The van der Waals surface area contributed by atoms with E-state index in [1.165, 1.54) is 31.6 Å². The summed E-state index contributed by atoms with van der Waals surface area (Å²) in [5.41, 5.74) is 1.60. The monoisotopic (exact) mass is 353 g/mol. The maximum atomic E-state index is 12.9. The predicted molar refractivity (Wildman–Crippen MR) is 93.2 cm³/mol. The Labute approximate surface area is 148 Å². The third-order valence-electron chi connectivity index (χ3n) is 3.51. The molecule has 0 radical (unpaired) electrons. The number of nitrogens with zero attached hydrogens (tertiary/aromatic N) is 3. The maximum Gasteiger partial charge on any atom is 0.271 e. The van der Waals surface area contributed by atoms with Crippen LogP contribution in [-0.2, 0) is 11.3 Å². The molecule has 8 heteroatoms. The molecule has 0 aliphatic rings. The second-order valence-electron chi connectivity index (χ2n) is 5.56. The van der Waals surface area contributed by atoms with Gasteiger partial charge in [-0.15, -0.1) is 0 Å². The zero-order valence-corrected chi connectivity index (χ0v) is 13.9. The Kier molecular flexibility index (Phi) is 5.02. The van der Waals surface area contributed by atoms with Gasteiger partial charge in [0.25, 0.3) is 5.91 Å². The zero-order valence-electron chi connectivity index (χ0n) is 13.9. The van der Waals surface area contributed by atoms with Gasteiger partial charge in [-0.05, 0) is 29.8 Å². The van der Waals surface area contributed by atoms with E-state index in [1.807, 2.05) is 0 Å². The Hall–Kier alpha value is -3.55. The lowest BCUT2D eigenvalue weighted by atomic mass is 10.2. The molecule has 2 heterocycles. The quantitative estimate of drug-likeness (QED) is 0.737. The Morgan fingerprint density at radius 2 is 1.88 bits per heavy atom. The molecular weight excluding hydrogens is 337 g/mol. The first-order chi connectivity index (χ1) is 12.5. The van der Waals surface area contributed by atoms with E-state index in [1.54, 1.807) is 35.0 Å². The van der Waals surface area contributed by atoms with E-state index in [-0.39, 0.29) is 29.9 Å². The third-order valence-corrected chi connectivity index (χ3v) is 3.51. The Balaban J connectivity index is 1.64. The molecule has 26 heavy (non-hydrogen) atoms. The van der Waals surface area contributed by atoms with E-state index in [0.29, 0.717) is 11.5 Å². The number of hydrogen-bond donors (Lipinski definition) is 2. The molecule has 3 aromatic rings. The van der Waals surface area contributed by atoms with Crippen LogP contribution in [0.5, 0.6) is 0 Å². The number of hydrogen-bond acceptors (Lipinski definition) is 4. The topological polar surface area (TPSA) is 88.9 Å². The number of pyridine rings is 1. The van der Waals surface area contributed by atoms with Gasteiger partial charge in [0.05, 0.1) is 11.9 Å². The van der Waals surface area contributed by atoms with E-state index in [9.17, 15) is 14.0 Å². The van der Waals surface area contributed by atoms with Gasteiger partial charge < -0.3 is 10.6 Å². The number of halogens is 1. The van der Waals surface area contributed by atoms with Gasteiger partial charge in [0.2, 0.25) is 5.91 Å². The van der Waals surface area contributed by atoms with Gasteiger partial charge in [0.1, 0.15) is 23.7 Å². The number of imidazole rings is 1. The summed E-state index contributed by atoms with van der Waals surface area (Å²) in [4.78, 5) is 31.5. The molecule has 2 aromatic heterocycles. The first-order valence-corrected chi connectivity index (χ1v) is 7.82. The minimum Gasteiger partial charge on any atom is -0.347 e. The number of anilines is 1. The molecule has 0 saturated carbocycles. The van der Waals surface area contributed by atoms with Gasteiger partial charge in [-0.2, -0.15) is 0 Å². The van der Waals surface area contributed by atoms with Gasteiger partial charge in [-0.3, -0.25) is 14.2 Å². The van der Waals surface area contributed by atoms with Crippen LogP contribution in [0.4, 0.5) is 10.1 Å². The van der Waals surface area contributed by atoms with Gasteiger partial charge >= 0.3 is 0 Å². The highest BCUT2D eigenvalue weighted by Crippen LogP contribution is 2.11. The van der Waals surface area contributed by atoms with Crippen molar-refractivity contribution in [2.75, 3.05) is 5.32 Å². The summed E-state index contributed by atoms with van der Waals surface area (Å²) in [6.45, 7) is 1.69. The minimum atomic E-state index is -0.344. The second-order valence-corrected chi connectivity index (χ2v) is 5.56. The molecular formula is C18H16FN5O2. The number of carbonyl (C=O) groups is 2. The highest BCUT2D eigenvalue weighted by molar-refractivity contribution is 5.92. The van der Waals surface area contributed by atoms with Crippen LogP contribution in [0.15, 0.2) is 55.1 Å². The molecule has 0 aliphatic carbocycles. The number of carbonyl (C=O) groups excluding carboxylic acids is 2. The highest BCUT2D eigenvalue weighted by Gasteiger charge is 2.10. The standard InChI is InChI=1S/C18H16FN5O2/c1-12(25)23-15-6-7-17(20-9-15)24-10-16(22-11-24)18(26)21-8-13-2-4-14(19)5-3-13/h2-7,9-11H,8H2,1H3,(H,21,26)(H,23,25). The average Bonchev–Trinajstić information content (AvgIpc) is 3.11. The molecule has 0 aliphatic heterocycles. The van der Waals surface area contributed by atoms with E-state index in [2.05, 4.69) is 20.6 Å². The first kappa shape index (κ1) is 17.3. The largest absolute Gasteiger partial charge is 0.347 e. The van der Waals surface area contributed by atoms with Crippen LogP contribution in [0.1, 0.15) is 23.0 Å².